The van der Waals surface area contributed by atoms with Gasteiger partial charge in [-0.15, -0.1) is 0 Å². The second-order valence-corrected chi connectivity index (χ2v) is 8.07. The van der Waals surface area contributed by atoms with Crippen molar-refractivity contribution < 1.29 is 22.5 Å². The molecule has 0 aliphatic carbocycles. The van der Waals surface area contributed by atoms with Crippen molar-refractivity contribution in [3.05, 3.63) is 0 Å². The van der Waals surface area contributed by atoms with Crippen LogP contribution in [0.5, 0.6) is 0 Å². The molecule has 24 heavy (non-hydrogen) atoms. The standard InChI is InChI=1S/C18H36O5S/c1-2-3-4-9-12-15-18(19)23-16-13-10-7-5-6-8-11-14-17-24(20,21)22/h2-17H2,1H3,(H,20,21,22). The van der Waals surface area contributed by atoms with Crippen molar-refractivity contribution in [3.8, 4) is 0 Å². The summed E-state index contributed by atoms with van der Waals surface area (Å²) in [5, 5.41) is 0. The number of carbonyl (C=O) groups excluding carboxylic acids is 1. The normalized spacial score (nSPS) is 11.6. The first-order chi connectivity index (χ1) is 11.5. The molecular formula is C18H36O5S. The molecule has 0 unspecified atom stereocenters. The molecule has 0 aromatic rings. The Balaban J connectivity index is 3.20. The van der Waals surface area contributed by atoms with Crippen LogP contribution in [0.25, 0.3) is 0 Å². The second-order valence-electron chi connectivity index (χ2n) is 6.50. The van der Waals surface area contributed by atoms with E-state index < -0.39 is 10.1 Å². The smallest absolute Gasteiger partial charge is 0.305 e. The summed E-state index contributed by atoms with van der Waals surface area (Å²) in [6, 6.07) is 0. The molecule has 0 aromatic carbocycles. The molecule has 0 heterocycles. The summed E-state index contributed by atoms with van der Waals surface area (Å²) >= 11 is 0. The van der Waals surface area contributed by atoms with E-state index in [0.29, 0.717) is 19.4 Å². The number of rotatable bonds is 17. The van der Waals surface area contributed by atoms with Crippen LogP contribution < -0.4 is 0 Å². The molecule has 144 valence electrons. The van der Waals surface area contributed by atoms with Crippen LogP contribution >= 0.6 is 0 Å². The van der Waals surface area contributed by atoms with E-state index in [1.165, 1.54) is 19.3 Å². The van der Waals surface area contributed by atoms with E-state index in [1.54, 1.807) is 0 Å². The molecule has 5 nitrogen and oxygen atoms in total. The van der Waals surface area contributed by atoms with Crippen molar-refractivity contribution in [2.45, 2.75) is 96.8 Å². The summed E-state index contributed by atoms with van der Waals surface area (Å²) in [6.07, 6.45) is 14.0. The number of hydrogen-bond acceptors (Lipinski definition) is 4. The Morgan fingerprint density at radius 3 is 1.88 bits per heavy atom. The lowest BCUT2D eigenvalue weighted by atomic mass is 10.1. The van der Waals surface area contributed by atoms with Crippen LogP contribution in [0.2, 0.25) is 0 Å². The molecule has 0 saturated heterocycles. The molecule has 0 atom stereocenters. The Bertz CT molecular complexity index is 392. The average Bonchev–Trinajstić information content (AvgIpc) is 2.51. The molecule has 0 saturated carbocycles. The monoisotopic (exact) mass is 364 g/mol. The van der Waals surface area contributed by atoms with Crippen LogP contribution in [0, 0.1) is 0 Å². The first-order valence-electron chi connectivity index (χ1n) is 9.56. The molecule has 0 fully saturated rings. The largest absolute Gasteiger partial charge is 0.466 e. The molecule has 0 bridgehead atoms. The van der Waals surface area contributed by atoms with Gasteiger partial charge in [-0.1, -0.05) is 71.1 Å². The summed E-state index contributed by atoms with van der Waals surface area (Å²) in [7, 11) is -3.79. The van der Waals surface area contributed by atoms with E-state index >= 15 is 0 Å². The number of hydrogen-bond donors (Lipinski definition) is 1. The van der Waals surface area contributed by atoms with Gasteiger partial charge < -0.3 is 4.74 Å². The third-order valence-electron chi connectivity index (χ3n) is 4.04. The molecule has 1 N–H and O–H groups in total. The predicted molar refractivity (Wildman–Crippen MR) is 97.7 cm³/mol. The van der Waals surface area contributed by atoms with Crippen LogP contribution in [0.15, 0.2) is 0 Å². The van der Waals surface area contributed by atoms with Crippen molar-refractivity contribution in [3.63, 3.8) is 0 Å². The van der Waals surface area contributed by atoms with Crippen LogP contribution in [-0.2, 0) is 19.6 Å². The number of ether oxygens (including phenoxy) is 1. The Labute approximate surface area is 148 Å². The molecule has 0 spiro atoms. The first-order valence-corrected chi connectivity index (χ1v) is 11.2. The Morgan fingerprint density at radius 2 is 1.29 bits per heavy atom. The Hall–Kier alpha value is -0.620. The molecular weight excluding hydrogens is 328 g/mol. The zero-order valence-electron chi connectivity index (χ0n) is 15.3. The summed E-state index contributed by atoms with van der Waals surface area (Å²) in [5.41, 5.74) is 0. The van der Waals surface area contributed by atoms with Crippen molar-refractivity contribution >= 4 is 16.1 Å². The SMILES string of the molecule is CCCCCCCC(=O)OCCCCCCCCCCS(=O)(=O)O. The highest BCUT2D eigenvalue weighted by molar-refractivity contribution is 7.85. The zero-order valence-corrected chi connectivity index (χ0v) is 16.1. The van der Waals surface area contributed by atoms with Gasteiger partial charge >= 0.3 is 5.97 Å². The highest BCUT2D eigenvalue weighted by Gasteiger charge is 2.03. The number of carbonyl (C=O) groups is 1. The van der Waals surface area contributed by atoms with Gasteiger partial charge in [0.2, 0.25) is 0 Å². The maximum Gasteiger partial charge on any atom is 0.305 e. The minimum Gasteiger partial charge on any atom is -0.466 e. The van der Waals surface area contributed by atoms with E-state index in [2.05, 4.69) is 6.92 Å². The summed E-state index contributed by atoms with van der Waals surface area (Å²) in [4.78, 5) is 11.5. The first kappa shape index (κ1) is 23.4. The summed E-state index contributed by atoms with van der Waals surface area (Å²) in [5.74, 6) is -0.193. The quantitative estimate of drug-likeness (QED) is 0.225. The molecule has 0 amide bonds. The van der Waals surface area contributed by atoms with E-state index in [1.807, 2.05) is 0 Å². The van der Waals surface area contributed by atoms with E-state index in [0.717, 1.165) is 57.8 Å². The Morgan fingerprint density at radius 1 is 0.792 bits per heavy atom. The third-order valence-corrected chi connectivity index (χ3v) is 4.85. The van der Waals surface area contributed by atoms with E-state index in [4.69, 9.17) is 9.29 Å². The van der Waals surface area contributed by atoms with Crippen LogP contribution in [-0.4, -0.2) is 31.3 Å². The number of esters is 1. The van der Waals surface area contributed by atoms with Crippen molar-refractivity contribution in [1.82, 2.24) is 0 Å². The van der Waals surface area contributed by atoms with E-state index in [9.17, 15) is 13.2 Å². The minimum absolute atomic E-state index is 0.0645. The van der Waals surface area contributed by atoms with Gasteiger partial charge in [-0.25, -0.2) is 0 Å². The highest BCUT2D eigenvalue weighted by Crippen LogP contribution is 2.10. The van der Waals surface area contributed by atoms with Crippen LogP contribution in [0.3, 0.4) is 0 Å². The van der Waals surface area contributed by atoms with Crippen molar-refractivity contribution in [2.24, 2.45) is 0 Å². The molecule has 0 aliphatic heterocycles. The van der Waals surface area contributed by atoms with Gasteiger partial charge in [-0.05, 0) is 19.3 Å². The summed E-state index contributed by atoms with van der Waals surface area (Å²) < 4.78 is 34.9. The maximum atomic E-state index is 11.5. The summed E-state index contributed by atoms with van der Waals surface area (Å²) in [6.45, 7) is 2.71. The van der Waals surface area contributed by atoms with Crippen molar-refractivity contribution in [1.29, 1.82) is 0 Å². The third kappa shape index (κ3) is 19.4. The zero-order chi connectivity index (χ0) is 18.1. The van der Waals surface area contributed by atoms with Crippen LogP contribution in [0.4, 0.5) is 0 Å². The minimum atomic E-state index is -3.79. The number of unbranched alkanes of at least 4 members (excludes halogenated alkanes) is 11. The van der Waals surface area contributed by atoms with Gasteiger partial charge in [0.25, 0.3) is 10.1 Å². The molecule has 6 heteroatoms. The Kier molecular flexibility index (Phi) is 15.5. The van der Waals surface area contributed by atoms with Crippen LogP contribution in [0.1, 0.15) is 96.8 Å². The fourth-order valence-corrected chi connectivity index (χ4v) is 3.15. The lowest BCUT2D eigenvalue weighted by molar-refractivity contribution is -0.143. The molecule has 0 aromatic heterocycles. The van der Waals surface area contributed by atoms with Gasteiger partial charge in [-0.3, -0.25) is 9.35 Å². The highest BCUT2D eigenvalue weighted by atomic mass is 32.2. The van der Waals surface area contributed by atoms with Crippen molar-refractivity contribution in [2.75, 3.05) is 12.4 Å². The molecule has 0 radical (unpaired) electrons. The van der Waals surface area contributed by atoms with Gasteiger partial charge in [0.05, 0.1) is 12.4 Å². The molecule has 0 aliphatic rings. The predicted octanol–water partition coefficient (Wildman–Crippen LogP) is 4.90. The fourth-order valence-electron chi connectivity index (χ4n) is 2.58. The van der Waals surface area contributed by atoms with Gasteiger partial charge in [0.15, 0.2) is 0 Å². The topological polar surface area (TPSA) is 80.7 Å². The fraction of sp³-hybridized carbons (Fsp3) is 0.944. The lowest BCUT2D eigenvalue weighted by Gasteiger charge is -2.05. The maximum absolute atomic E-state index is 11.5. The molecule has 0 rings (SSSR count). The average molecular weight is 365 g/mol. The van der Waals surface area contributed by atoms with Gasteiger partial charge in [0.1, 0.15) is 0 Å². The van der Waals surface area contributed by atoms with Gasteiger partial charge in [0, 0.05) is 6.42 Å². The second kappa shape index (κ2) is 15.9. The lowest BCUT2D eigenvalue weighted by Crippen LogP contribution is -2.05. The van der Waals surface area contributed by atoms with Gasteiger partial charge in [-0.2, -0.15) is 8.42 Å². The van der Waals surface area contributed by atoms with E-state index in [-0.39, 0.29) is 11.7 Å².